The van der Waals surface area contributed by atoms with Crippen LogP contribution in [0.3, 0.4) is 0 Å². The second-order valence-electron chi connectivity index (χ2n) is 7.74. The molecule has 1 heterocycles. The second kappa shape index (κ2) is 6.87. The molecule has 0 bridgehead atoms. The fraction of sp³-hybridized carbons (Fsp3) is 0.611. The van der Waals surface area contributed by atoms with Gasteiger partial charge in [-0.2, -0.15) is 0 Å². The Balaban J connectivity index is 1.79. The third kappa shape index (κ3) is 5.50. The van der Waals surface area contributed by atoms with Crippen molar-refractivity contribution in [3.05, 3.63) is 35.6 Å². The van der Waals surface area contributed by atoms with E-state index in [9.17, 15) is 9.18 Å². The molecule has 0 unspecified atom stereocenters. The predicted molar refractivity (Wildman–Crippen MR) is 91.0 cm³/mol. The van der Waals surface area contributed by atoms with E-state index in [0.717, 1.165) is 12.8 Å². The van der Waals surface area contributed by atoms with Crippen LogP contribution in [-0.2, 0) is 6.42 Å². The number of nitrogens with one attached hydrogen (secondary N) is 3. The Kier molecular flexibility index (Phi) is 5.30. The van der Waals surface area contributed by atoms with E-state index < -0.39 is 0 Å². The van der Waals surface area contributed by atoms with Crippen molar-refractivity contribution in [2.24, 2.45) is 0 Å². The maximum atomic E-state index is 13.5. The zero-order valence-electron chi connectivity index (χ0n) is 14.5. The van der Waals surface area contributed by atoms with E-state index in [1.165, 1.54) is 6.07 Å². The molecule has 1 aliphatic rings. The number of rotatable bonds is 4. The standard InChI is InChI=1S/C18H28FN3O/c1-17(2)11-14(12-18(3,4)22-17)21-16(23)20-10-9-13-7-5-6-8-15(13)19/h5-8,14,22H,9-12H2,1-4H3,(H2,20,21,23). The Morgan fingerprint density at radius 3 is 2.43 bits per heavy atom. The minimum Gasteiger partial charge on any atom is -0.338 e. The van der Waals surface area contributed by atoms with Gasteiger partial charge < -0.3 is 16.0 Å². The quantitative estimate of drug-likeness (QED) is 0.798. The number of amides is 2. The summed E-state index contributed by atoms with van der Waals surface area (Å²) in [6.45, 7) is 9.03. The minimum absolute atomic E-state index is 0.00708. The number of piperidine rings is 1. The average Bonchev–Trinajstić information content (AvgIpc) is 2.37. The number of halogens is 1. The SMILES string of the molecule is CC1(C)CC(NC(=O)NCCc2ccccc2F)CC(C)(C)N1. The van der Waals surface area contributed by atoms with E-state index in [4.69, 9.17) is 0 Å². The molecule has 3 N–H and O–H groups in total. The fourth-order valence-corrected chi connectivity index (χ4v) is 3.67. The maximum absolute atomic E-state index is 13.5. The lowest BCUT2D eigenvalue weighted by molar-refractivity contribution is 0.147. The zero-order valence-corrected chi connectivity index (χ0v) is 14.5. The predicted octanol–water partition coefficient (Wildman–Crippen LogP) is 2.98. The van der Waals surface area contributed by atoms with Crippen LogP contribution in [-0.4, -0.2) is 29.7 Å². The van der Waals surface area contributed by atoms with Crippen LogP contribution in [0.1, 0.15) is 46.1 Å². The molecule has 1 fully saturated rings. The first-order chi connectivity index (χ1) is 10.7. The summed E-state index contributed by atoms with van der Waals surface area (Å²) in [5.41, 5.74) is 0.608. The summed E-state index contributed by atoms with van der Waals surface area (Å²) in [7, 11) is 0. The van der Waals surface area contributed by atoms with Crippen LogP contribution in [0.5, 0.6) is 0 Å². The monoisotopic (exact) mass is 321 g/mol. The summed E-state index contributed by atoms with van der Waals surface area (Å²) in [5, 5.41) is 9.46. The van der Waals surface area contributed by atoms with Gasteiger partial charge in [0.2, 0.25) is 0 Å². The number of carbonyl (C=O) groups is 1. The molecule has 23 heavy (non-hydrogen) atoms. The highest BCUT2D eigenvalue weighted by Crippen LogP contribution is 2.28. The van der Waals surface area contributed by atoms with E-state index in [1.54, 1.807) is 18.2 Å². The lowest BCUT2D eigenvalue weighted by Crippen LogP contribution is -2.62. The smallest absolute Gasteiger partial charge is 0.315 e. The first-order valence-corrected chi connectivity index (χ1v) is 8.24. The molecule has 0 radical (unpaired) electrons. The summed E-state index contributed by atoms with van der Waals surface area (Å²) < 4.78 is 13.5. The third-order valence-electron chi connectivity index (χ3n) is 4.16. The van der Waals surface area contributed by atoms with Crippen molar-refractivity contribution in [2.45, 2.75) is 64.1 Å². The molecule has 1 aliphatic heterocycles. The van der Waals surface area contributed by atoms with Crippen LogP contribution >= 0.6 is 0 Å². The van der Waals surface area contributed by atoms with Gasteiger partial charge in [-0.05, 0) is 58.6 Å². The van der Waals surface area contributed by atoms with Crippen LogP contribution < -0.4 is 16.0 Å². The van der Waals surface area contributed by atoms with Crippen LogP contribution in [0.2, 0.25) is 0 Å². The summed E-state index contributed by atoms with van der Waals surface area (Å²) in [4.78, 5) is 12.1. The van der Waals surface area contributed by atoms with Crippen molar-refractivity contribution in [1.82, 2.24) is 16.0 Å². The van der Waals surface area contributed by atoms with Gasteiger partial charge >= 0.3 is 6.03 Å². The first kappa shape index (κ1) is 17.7. The van der Waals surface area contributed by atoms with Crippen LogP contribution in [0.4, 0.5) is 9.18 Å². The molecule has 0 spiro atoms. The largest absolute Gasteiger partial charge is 0.338 e. The van der Waals surface area contributed by atoms with Crippen molar-refractivity contribution < 1.29 is 9.18 Å². The lowest BCUT2D eigenvalue weighted by Gasteiger charge is -2.46. The molecule has 4 nitrogen and oxygen atoms in total. The molecule has 128 valence electrons. The van der Waals surface area contributed by atoms with Crippen molar-refractivity contribution in [3.63, 3.8) is 0 Å². The molecule has 1 aromatic rings. The molecule has 0 atom stereocenters. The number of hydrogen-bond donors (Lipinski definition) is 3. The van der Waals surface area contributed by atoms with Crippen LogP contribution in [0.25, 0.3) is 0 Å². The highest BCUT2D eigenvalue weighted by atomic mass is 19.1. The highest BCUT2D eigenvalue weighted by Gasteiger charge is 2.38. The van der Waals surface area contributed by atoms with Gasteiger partial charge in [-0.25, -0.2) is 9.18 Å². The molecular formula is C18H28FN3O. The van der Waals surface area contributed by atoms with Gasteiger partial charge in [0.25, 0.3) is 0 Å². The highest BCUT2D eigenvalue weighted by molar-refractivity contribution is 5.74. The maximum Gasteiger partial charge on any atom is 0.315 e. The Bertz CT molecular complexity index is 541. The zero-order chi connectivity index (χ0) is 17.1. The molecule has 0 aliphatic carbocycles. The van der Waals surface area contributed by atoms with Crippen molar-refractivity contribution in [1.29, 1.82) is 0 Å². The van der Waals surface area contributed by atoms with Gasteiger partial charge in [0.05, 0.1) is 0 Å². The molecule has 2 amide bonds. The lowest BCUT2D eigenvalue weighted by atomic mass is 9.80. The van der Waals surface area contributed by atoms with Gasteiger partial charge in [-0.15, -0.1) is 0 Å². The Labute approximate surface area is 138 Å². The molecule has 1 saturated heterocycles. The topological polar surface area (TPSA) is 53.2 Å². The number of carbonyl (C=O) groups excluding carboxylic acids is 1. The minimum atomic E-state index is -0.225. The van der Waals surface area contributed by atoms with Gasteiger partial charge in [-0.1, -0.05) is 18.2 Å². The van der Waals surface area contributed by atoms with Gasteiger partial charge in [0.15, 0.2) is 0 Å². The summed E-state index contributed by atoms with van der Waals surface area (Å²) in [6, 6.07) is 6.60. The van der Waals surface area contributed by atoms with E-state index in [2.05, 4.69) is 43.6 Å². The van der Waals surface area contributed by atoms with Gasteiger partial charge in [-0.3, -0.25) is 0 Å². The molecule has 0 aromatic heterocycles. The fourth-order valence-electron chi connectivity index (χ4n) is 3.67. The molecule has 5 heteroatoms. The van der Waals surface area contributed by atoms with E-state index >= 15 is 0 Å². The molecular weight excluding hydrogens is 293 g/mol. The van der Waals surface area contributed by atoms with Crippen molar-refractivity contribution in [3.8, 4) is 0 Å². The first-order valence-electron chi connectivity index (χ1n) is 8.24. The van der Waals surface area contributed by atoms with Gasteiger partial charge in [0, 0.05) is 23.7 Å². The summed E-state index contributed by atoms with van der Waals surface area (Å²) in [6.07, 6.45) is 2.26. The second-order valence-corrected chi connectivity index (χ2v) is 7.74. The third-order valence-corrected chi connectivity index (χ3v) is 4.16. The van der Waals surface area contributed by atoms with Crippen LogP contribution in [0, 0.1) is 5.82 Å². The van der Waals surface area contributed by atoms with Crippen LogP contribution in [0.15, 0.2) is 24.3 Å². The Hall–Kier alpha value is -1.62. The molecule has 0 saturated carbocycles. The van der Waals surface area contributed by atoms with Crippen molar-refractivity contribution >= 4 is 6.03 Å². The van der Waals surface area contributed by atoms with E-state index in [1.807, 2.05) is 0 Å². The Morgan fingerprint density at radius 1 is 1.22 bits per heavy atom. The normalized spacial score (nSPS) is 20.0. The van der Waals surface area contributed by atoms with E-state index in [0.29, 0.717) is 18.5 Å². The molecule has 1 aromatic carbocycles. The summed E-state index contributed by atoms with van der Waals surface area (Å²) in [5.74, 6) is -0.225. The number of urea groups is 1. The van der Waals surface area contributed by atoms with Crippen molar-refractivity contribution in [2.75, 3.05) is 6.54 Å². The number of hydrogen-bond acceptors (Lipinski definition) is 2. The average molecular weight is 321 g/mol. The van der Waals surface area contributed by atoms with Gasteiger partial charge in [0.1, 0.15) is 5.82 Å². The number of benzene rings is 1. The Morgan fingerprint density at radius 2 is 1.83 bits per heavy atom. The van der Waals surface area contributed by atoms with E-state index in [-0.39, 0.29) is 29.0 Å². The summed E-state index contributed by atoms with van der Waals surface area (Å²) >= 11 is 0. The molecule has 2 rings (SSSR count).